The summed E-state index contributed by atoms with van der Waals surface area (Å²) in [5.74, 6) is 0.787. The van der Waals surface area contributed by atoms with Gasteiger partial charge in [0.2, 0.25) is 5.91 Å². The summed E-state index contributed by atoms with van der Waals surface area (Å²) in [6.45, 7) is 0.905. The van der Waals surface area contributed by atoms with Gasteiger partial charge in [-0.2, -0.15) is 0 Å². The van der Waals surface area contributed by atoms with E-state index in [4.69, 9.17) is 10.5 Å². The Kier molecular flexibility index (Phi) is 4.76. The van der Waals surface area contributed by atoms with Crippen molar-refractivity contribution in [1.29, 1.82) is 0 Å². The van der Waals surface area contributed by atoms with Crippen LogP contribution in [0.1, 0.15) is 30.9 Å². The molecule has 4 N–H and O–H groups in total. The van der Waals surface area contributed by atoms with Crippen LogP contribution in [0.5, 0.6) is 5.75 Å². The SMILES string of the molecule is NCCC(O)c1cccc(OCC2CCC(=O)N2)c1. The molecule has 1 aromatic rings. The molecule has 19 heavy (non-hydrogen) atoms. The van der Waals surface area contributed by atoms with Gasteiger partial charge in [-0.25, -0.2) is 0 Å². The number of nitrogens with two attached hydrogens (primary N) is 1. The molecule has 104 valence electrons. The maximum atomic E-state index is 11.1. The summed E-state index contributed by atoms with van der Waals surface area (Å²) >= 11 is 0. The normalized spacial score (nSPS) is 20.1. The number of amides is 1. The van der Waals surface area contributed by atoms with Crippen LogP contribution in [0.3, 0.4) is 0 Å². The minimum atomic E-state index is -0.556. The Morgan fingerprint density at radius 1 is 1.53 bits per heavy atom. The van der Waals surface area contributed by atoms with Crippen molar-refractivity contribution >= 4 is 5.91 Å². The van der Waals surface area contributed by atoms with E-state index in [1.165, 1.54) is 0 Å². The van der Waals surface area contributed by atoms with Gasteiger partial charge in [-0.15, -0.1) is 0 Å². The number of carbonyl (C=O) groups excluding carboxylic acids is 1. The van der Waals surface area contributed by atoms with Crippen LogP contribution in [0.4, 0.5) is 0 Å². The summed E-state index contributed by atoms with van der Waals surface area (Å²) < 4.78 is 5.65. The highest BCUT2D eigenvalue weighted by Gasteiger charge is 2.21. The fourth-order valence-corrected chi connectivity index (χ4v) is 2.14. The van der Waals surface area contributed by atoms with E-state index < -0.39 is 6.10 Å². The van der Waals surface area contributed by atoms with E-state index in [2.05, 4.69) is 5.32 Å². The standard InChI is InChI=1S/C14H20N2O3/c15-7-6-13(17)10-2-1-3-12(8-10)19-9-11-4-5-14(18)16-11/h1-3,8,11,13,17H,4-7,9,15H2,(H,16,18). The van der Waals surface area contributed by atoms with Gasteiger partial charge < -0.3 is 20.9 Å². The van der Waals surface area contributed by atoms with E-state index in [0.29, 0.717) is 31.7 Å². The molecular formula is C14H20N2O3. The summed E-state index contributed by atoms with van der Waals surface area (Å²) in [7, 11) is 0. The van der Waals surface area contributed by atoms with Crippen molar-refractivity contribution in [3.05, 3.63) is 29.8 Å². The zero-order valence-electron chi connectivity index (χ0n) is 10.8. The highest BCUT2D eigenvalue weighted by Crippen LogP contribution is 2.21. The van der Waals surface area contributed by atoms with Gasteiger partial charge in [-0.3, -0.25) is 4.79 Å². The molecule has 2 rings (SSSR count). The lowest BCUT2D eigenvalue weighted by atomic mass is 10.1. The molecule has 1 saturated heterocycles. The van der Waals surface area contributed by atoms with Gasteiger partial charge in [0.15, 0.2) is 0 Å². The summed E-state index contributed by atoms with van der Waals surface area (Å²) in [4.78, 5) is 11.1. The second-order valence-corrected chi connectivity index (χ2v) is 4.78. The van der Waals surface area contributed by atoms with E-state index in [1.54, 1.807) is 0 Å². The van der Waals surface area contributed by atoms with Gasteiger partial charge >= 0.3 is 0 Å². The summed E-state index contributed by atoms with van der Waals surface area (Å²) in [5.41, 5.74) is 6.23. The quantitative estimate of drug-likeness (QED) is 0.707. The van der Waals surface area contributed by atoms with Crippen molar-refractivity contribution in [3.63, 3.8) is 0 Å². The Hall–Kier alpha value is -1.59. The number of hydrogen-bond acceptors (Lipinski definition) is 4. The predicted molar refractivity (Wildman–Crippen MR) is 71.7 cm³/mol. The average molecular weight is 264 g/mol. The molecule has 1 fully saturated rings. The van der Waals surface area contributed by atoms with Crippen LogP contribution in [0.2, 0.25) is 0 Å². The highest BCUT2D eigenvalue weighted by atomic mass is 16.5. The zero-order chi connectivity index (χ0) is 13.7. The molecule has 5 heteroatoms. The van der Waals surface area contributed by atoms with Gasteiger partial charge in [-0.05, 0) is 37.1 Å². The first-order valence-electron chi connectivity index (χ1n) is 6.59. The molecule has 0 aromatic heterocycles. The van der Waals surface area contributed by atoms with E-state index in [0.717, 1.165) is 12.0 Å². The molecule has 2 unspecified atom stereocenters. The predicted octanol–water partition coefficient (Wildman–Crippen LogP) is 0.726. The molecule has 1 aliphatic rings. The van der Waals surface area contributed by atoms with Gasteiger partial charge in [-0.1, -0.05) is 12.1 Å². The molecule has 0 spiro atoms. The molecule has 0 aliphatic carbocycles. The van der Waals surface area contributed by atoms with Crippen LogP contribution in [0, 0.1) is 0 Å². The summed E-state index contributed by atoms with van der Waals surface area (Å²) in [5, 5.41) is 12.7. The number of hydrogen-bond donors (Lipinski definition) is 3. The maximum Gasteiger partial charge on any atom is 0.220 e. The van der Waals surface area contributed by atoms with Crippen LogP contribution < -0.4 is 15.8 Å². The highest BCUT2D eigenvalue weighted by molar-refractivity contribution is 5.78. The van der Waals surface area contributed by atoms with Crippen molar-refractivity contribution in [3.8, 4) is 5.75 Å². The van der Waals surface area contributed by atoms with Crippen LogP contribution in [-0.4, -0.2) is 30.2 Å². The monoisotopic (exact) mass is 264 g/mol. The van der Waals surface area contributed by atoms with Crippen molar-refractivity contribution in [1.82, 2.24) is 5.32 Å². The second kappa shape index (κ2) is 6.54. The number of benzene rings is 1. The number of aliphatic hydroxyl groups is 1. The number of aliphatic hydroxyl groups excluding tert-OH is 1. The molecular weight excluding hydrogens is 244 g/mol. The Morgan fingerprint density at radius 3 is 3.05 bits per heavy atom. The summed E-state index contributed by atoms with van der Waals surface area (Å²) in [6, 6.07) is 7.44. The van der Waals surface area contributed by atoms with E-state index in [1.807, 2.05) is 24.3 Å². The third kappa shape index (κ3) is 3.94. The van der Waals surface area contributed by atoms with E-state index in [-0.39, 0.29) is 11.9 Å². The summed E-state index contributed by atoms with van der Waals surface area (Å²) in [6.07, 6.45) is 1.36. The first kappa shape index (κ1) is 13.8. The van der Waals surface area contributed by atoms with Crippen molar-refractivity contribution in [2.24, 2.45) is 5.73 Å². The maximum absolute atomic E-state index is 11.1. The molecule has 1 aromatic carbocycles. The van der Waals surface area contributed by atoms with Crippen molar-refractivity contribution in [2.45, 2.75) is 31.4 Å². The van der Waals surface area contributed by atoms with Crippen molar-refractivity contribution in [2.75, 3.05) is 13.2 Å². The van der Waals surface area contributed by atoms with Gasteiger partial charge in [0.1, 0.15) is 12.4 Å². The van der Waals surface area contributed by atoms with Gasteiger partial charge in [0.25, 0.3) is 0 Å². The Balaban J connectivity index is 1.89. The third-order valence-electron chi connectivity index (χ3n) is 3.22. The number of nitrogens with one attached hydrogen (secondary N) is 1. The fraction of sp³-hybridized carbons (Fsp3) is 0.500. The van der Waals surface area contributed by atoms with Crippen LogP contribution >= 0.6 is 0 Å². The lowest BCUT2D eigenvalue weighted by Gasteiger charge is -2.14. The van der Waals surface area contributed by atoms with E-state index >= 15 is 0 Å². The first-order valence-corrected chi connectivity index (χ1v) is 6.59. The molecule has 2 atom stereocenters. The molecule has 1 heterocycles. The molecule has 1 amide bonds. The zero-order valence-corrected chi connectivity index (χ0v) is 10.8. The number of rotatable bonds is 6. The third-order valence-corrected chi connectivity index (χ3v) is 3.22. The van der Waals surface area contributed by atoms with E-state index in [9.17, 15) is 9.90 Å². The largest absolute Gasteiger partial charge is 0.491 e. The Morgan fingerprint density at radius 2 is 2.37 bits per heavy atom. The fourth-order valence-electron chi connectivity index (χ4n) is 2.14. The second-order valence-electron chi connectivity index (χ2n) is 4.78. The lowest BCUT2D eigenvalue weighted by molar-refractivity contribution is -0.119. The molecule has 5 nitrogen and oxygen atoms in total. The minimum Gasteiger partial charge on any atom is -0.491 e. The minimum absolute atomic E-state index is 0.0840. The first-order chi connectivity index (χ1) is 9.19. The number of carbonyl (C=O) groups is 1. The van der Waals surface area contributed by atoms with Gasteiger partial charge in [0, 0.05) is 6.42 Å². The number of ether oxygens (including phenoxy) is 1. The molecule has 1 aliphatic heterocycles. The van der Waals surface area contributed by atoms with Gasteiger partial charge in [0.05, 0.1) is 12.1 Å². The van der Waals surface area contributed by atoms with Crippen LogP contribution in [0.15, 0.2) is 24.3 Å². The van der Waals surface area contributed by atoms with Crippen LogP contribution in [-0.2, 0) is 4.79 Å². The molecule has 0 radical (unpaired) electrons. The topological polar surface area (TPSA) is 84.6 Å². The van der Waals surface area contributed by atoms with Crippen LogP contribution in [0.25, 0.3) is 0 Å². The van der Waals surface area contributed by atoms with Crippen molar-refractivity contribution < 1.29 is 14.6 Å². The Labute approximate surface area is 112 Å². The lowest BCUT2D eigenvalue weighted by Crippen LogP contribution is -2.30. The molecule has 0 bridgehead atoms. The molecule has 0 saturated carbocycles. The average Bonchev–Trinajstić information content (AvgIpc) is 2.83. The smallest absolute Gasteiger partial charge is 0.220 e. The Bertz CT molecular complexity index is 436.